The molecule has 0 spiro atoms. The fourth-order valence-electron chi connectivity index (χ4n) is 2.44. The summed E-state index contributed by atoms with van der Waals surface area (Å²) in [6.45, 7) is 1.86. The Labute approximate surface area is 154 Å². The molecule has 1 atom stereocenters. The molecule has 0 fully saturated rings. The molecule has 0 radical (unpaired) electrons. The van der Waals surface area contributed by atoms with Gasteiger partial charge in [-0.2, -0.15) is 5.10 Å². The van der Waals surface area contributed by atoms with Gasteiger partial charge in [0, 0.05) is 19.5 Å². The maximum atomic E-state index is 12.4. The van der Waals surface area contributed by atoms with Crippen molar-refractivity contribution in [1.29, 1.82) is 0 Å². The summed E-state index contributed by atoms with van der Waals surface area (Å²) in [5, 5.41) is 9.93. The highest BCUT2D eigenvalue weighted by atomic mass is 35.5. The first-order chi connectivity index (χ1) is 12.5. The Balaban J connectivity index is 1.84. The zero-order valence-corrected chi connectivity index (χ0v) is 15.1. The van der Waals surface area contributed by atoms with Crippen molar-refractivity contribution in [2.24, 2.45) is 0 Å². The van der Waals surface area contributed by atoms with Crippen molar-refractivity contribution in [1.82, 2.24) is 19.6 Å². The van der Waals surface area contributed by atoms with Crippen molar-refractivity contribution < 1.29 is 14.3 Å². The van der Waals surface area contributed by atoms with Gasteiger partial charge >= 0.3 is 6.03 Å². The molecule has 3 heterocycles. The third kappa shape index (κ3) is 3.53. The third-order valence-corrected chi connectivity index (χ3v) is 4.00. The van der Waals surface area contributed by atoms with Crippen molar-refractivity contribution >= 4 is 34.7 Å². The van der Waals surface area contributed by atoms with Crippen molar-refractivity contribution in [3.05, 3.63) is 41.4 Å². The average molecular weight is 377 g/mol. The van der Waals surface area contributed by atoms with Crippen LogP contribution in [0.3, 0.4) is 0 Å². The fourth-order valence-corrected chi connectivity index (χ4v) is 2.68. The maximum Gasteiger partial charge on any atom is 0.323 e. The van der Waals surface area contributed by atoms with E-state index in [1.54, 1.807) is 36.3 Å². The van der Waals surface area contributed by atoms with Gasteiger partial charge in [0.25, 0.3) is 0 Å². The molecule has 0 aromatic carbocycles. The molecule has 0 aliphatic rings. The highest BCUT2D eigenvalue weighted by Crippen LogP contribution is 2.28. The van der Waals surface area contributed by atoms with Gasteiger partial charge in [-0.3, -0.25) is 0 Å². The van der Waals surface area contributed by atoms with Crippen LogP contribution in [-0.4, -0.2) is 39.8 Å². The Bertz CT molecular complexity index is 945. The largest absolute Gasteiger partial charge is 0.480 e. The first-order valence-electron chi connectivity index (χ1n) is 7.66. The lowest BCUT2D eigenvalue weighted by Gasteiger charge is -2.16. The molecule has 9 nitrogen and oxygen atoms in total. The molecule has 136 valence electrons. The maximum absolute atomic E-state index is 12.4. The lowest BCUT2D eigenvalue weighted by atomic mass is 10.1. The molecular formula is C16H17ClN6O3. The Kier molecular flexibility index (Phi) is 5.19. The standard InChI is InChI=1S/C16H17ClN6O3/c1-9(25-2)13-12(8-20-23-5-4-18-14(13)23)22-16(24)21-10-6-11(17)15(26-3)19-7-10/h4-9H,1-3H3,(H2,21,22,24)/t9-/m0/s1. The number of halogens is 1. The van der Waals surface area contributed by atoms with Crippen molar-refractivity contribution in [2.75, 3.05) is 24.9 Å². The Hall–Kier alpha value is -2.91. The molecule has 2 N–H and O–H groups in total. The number of urea groups is 1. The molecule has 26 heavy (non-hydrogen) atoms. The summed E-state index contributed by atoms with van der Waals surface area (Å²) in [6, 6.07) is 1.07. The van der Waals surface area contributed by atoms with Gasteiger partial charge in [0.15, 0.2) is 5.65 Å². The lowest BCUT2D eigenvalue weighted by molar-refractivity contribution is 0.120. The monoisotopic (exact) mass is 376 g/mol. The van der Waals surface area contributed by atoms with Gasteiger partial charge in [-0.25, -0.2) is 19.3 Å². The minimum atomic E-state index is -0.477. The summed E-state index contributed by atoms with van der Waals surface area (Å²) in [4.78, 5) is 20.7. The van der Waals surface area contributed by atoms with Crippen molar-refractivity contribution in [3.63, 3.8) is 0 Å². The highest BCUT2D eigenvalue weighted by Gasteiger charge is 2.18. The summed E-state index contributed by atoms with van der Waals surface area (Å²) in [6.07, 6.45) is 6.03. The number of fused-ring (bicyclic) bond motifs is 1. The molecule has 0 bridgehead atoms. The van der Waals surface area contributed by atoms with Gasteiger partial charge in [-0.15, -0.1) is 0 Å². The van der Waals surface area contributed by atoms with Crippen LogP contribution < -0.4 is 15.4 Å². The zero-order chi connectivity index (χ0) is 18.7. The number of aromatic nitrogens is 4. The van der Waals surface area contributed by atoms with Crippen LogP contribution in [0.15, 0.2) is 30.9 Å². The Morgan fingerprint density at radius 3 is 2.77 bits per heavy atom. The number of hydrogen-bond donors (Lipinski definition) is 2. The number of nitrogens with zero attached hydrogens (tertiary/aromatic N) is 4. The number of imidazole rings is 1. The quantitative estimate of drug-likeness (QED) is 0.709. The van der Waals surface area contributed by atoms with Crippen LogP contribution in [0.2, 0.25) is 5.02 Å². The second-order valence-electron chi connectivity index (χ2n) is 5.34. The summed E-state index contributed by atoms with van der Waals surface area (Å²) in [5.41, 5.74) is 2.23. The summed E-state index contributed by atoms with van der Waals surface area (Å²) < 4.78 is 12.0. The first kappa shape index (κ1) is 17.9. The lowest BCUT2D eigenvalue weighted by Crippen LogP contribution is -2.21. The topological polar surface area (TPSA) is 103 Å². The highest BCUT2D eigenvalue weighted by molar-refractivity contribution is 6.32. The minimum Gasteiger partial charge on any atom is -0.480 e. The number of rotatable bonds is 5. The molecule has 3 aromatic heterocycles. The van der Waals surface area contributed by atoms with Crippen LogP contribution in [0.4, 0.5) is 16.2 Å². The molecule has 0 unspecified atom stereocenters. The number of nitrogens with one attached hydrogen (secondary N) is 2. The molecule has 3 rings (SSSR count). The Morgan fingerprint density at radius 2 is 2.08 bits per heavy atom. The van der Waals surface area contributed by atoms with Gasteiger partial charge in [0.2, 0.25) is 5.88 Å². The SMILES string of the molecule is COc1ncc(NC(=O)Nc2cnn3ccnc3c2[C@H](C)OC)cc1Cl. The van der Waals surface area contributed by atoms with Gasteiger partial charge in [-0.05, 0) is 13.0 Å². The van der Waals surface area contributed by atoms with Crippen LogP contribution in [0, 0.1) is 0 Å². The number of methoxy groups -OCH3 is 2. The van der Waals surface area contributed by atoms with E-state index in [2.05, 4.69) is 25.7 Å². The van der Waals surface area contributed by atoms with Crippen LogP contribution in [0.1, 0.15) is 18.6 Å². The van der Waals surface area contributed by atoms with E-state index in [1.165, 1.54) is 13.3 Å². The molecule has 0 saturated carbocycles. The Morgan fingerprint density at radius 1 is 1.27 bits per heavy atom. The van der Waals surface area contributed by atoms with Gasteiger partial charge in [-0.1, -0.05) is 11.6 Å². The normalized spacial score (nSPS) is 12.0. The number of ether oxygens (including phenoxy) is 2. The van der Waals surface area contributed by atoms with E-state index in [0.717, 1.165) is 0 Å². The minimum absolute atomic E-state index is 0.280. The predicted octanol–water partition coefficient (Wildman–Crippen LogP) is 3.14. The van der Waals surface area contributed by atoms with Crippen LogP contribution >= 0.6 is 11.6 Å². The molecule has 0 aliphatic heterocycles. The molecule has 0 aliphatic carbocycles. The number of amides is 2. The number of carbonyl (C=O) groups is 1. The van der Waals surface area contributed by atoms with Gasteiger partial charge in [0.1, 0.15) is 5.02 Å². The van der Waals surface area contributed by atoms with Crippen molar-refractivity contribution in [3.8, 4) is 5.88 Å². The average Bonchev–Trinajstić information content (AvgIpc) is 3.09. The van der Waals surface area contributed by atoms with Crippen LogP contribution in [0.25, 0.3) is 5.65 Å². The van der Waals surface area contributed by atoms with Gasteiger partial charge in [0.05, 0.1) is 42.5 Å². The van der Waals surface area contributed by atoms with E-state index < -0.39 is 6.03 Å². The predicted molar refractivity (Wildman–Crippen MR) is 96.9 cm³/mol. The van der Waals surface area contributed by atoms with E-state index in [1.807, 2.05) is 6.92 Å². The molecular weight excluding hydrogens is 360 g/mol. The van der Waals surface area contributed by atoms with Crippen LogP contribution in [-0.2, 0) is 4.74 Å². The number of pyridine rings is 1. The summed E-state index contributed by atoms with van der Waals surface area (Å²) in [7, 11) is 3.05. The van der Waals surface area contributed by atoms with Crippen LogP contribution in [0.5, 0.6) is 5.88 Å². The molecule has 2 amide bonds. The number of carbonyl (C=O) groups excluding carboxylic acids is 1. The smallest absolute Gasteiger partial charge is 0.323 e. The zero-order valence-electron chi connectivity index (χ0n) is 14.4. The van der Waals surface area contributed by atoms with Gasteiger partial charge < -0.3 is 20.1 Å². The molecule has 3 aromatic rings. The third-order valence-electron chi connectivity index (χ3n) is 3.73. The summed E-state index contributed by atoms with van der Waals surface area (Å²) >= 11 is 6.01. The number of hydrogen-bond acceptors (Lipinski definition) is 6. The number of anilines is 2. The molecule has 10 heteroatoms. The van der Waals surface area contributed by atoms with E-state index in [9.17, 15) is 4.79 Å². The second kappa shape index (κ2) is 7.54. The molecule has 0 saturated heterocycles. The van der Waals surface area contributed by atoms with E-state index in [0.29, 0.717) is 27.6 Å². The van der Waals surface area contributed by atoms with E-state index in [-0.39, 0.29) is 12.0 Å². The second-order valence-corrected chi connectivity index (χ2v) is 5.75. The summed E-state index contributed by atoms with van der Waals surface area (Å²) in [5.74, 6) is 0.280. The van der Waals surface area contributed by atoms with E-state index in [4.69, 9.17) is 21.1 Å². The van der Waals surface area contributed by atoms with Crippen molar-refractivity contribution in [2.45, 2.75) is 13.0 Å². The van der Waals surface area contributed by atoms with E-state index >= 15 is 0 Å². The first-order valence-corrected chi connectivity index (χ1v) is 8.04. The fraction of sp³-hybridized carbons (Fsp3) is 0.250.